The number of nitrogens with one attached hydrogen (secondary N) is 1. The number of amides is 1. The minimum atomic E-state index is -0.711. The standard InChI is InChI=1S/C16H15BrClN3O5/c1-8-14(15(18)21(2)20-8)16(23)26-7-13(22)19-10-6-12-11(5-9(10)17)24-3-4-25-12/h5-6H,3-4,7H2,1-2H3,(H,19,22). The van der Waals surface area contributed by atoms with Crippen molar-refractivity contribution in [3.05, 3.63) is 33.0 Å². The summed E-state index contributed by atoms with van der Waals surface area (Å²) in [5, 5.41) is 6.83. The Bertz CT molecular complexity index is 883. The van der Waals surface area contributed by atoms with E-state index in [0.29, 0.717) is 40.6 Å². The first kappa shape index (κ1) is 18.5. The first-order chi connectivity index (χ1) is 12.4. The molecule has 1 aliphatic rings. The highest BCUT2D eigenvalue weighted by atomic mass is 79.9. The number of halogens is 2. The molecule has 0 fully saturated rings. The van der Waals surface area contributed by atoms with Crippen LogP contribution in [0, 0.1) is 6.92 Å². The van der Waals surface area contributed by atoms with Gasteiger partial charge in [-0.05, 0) is 22.9 Å². The molecule has 0 aliphatic carbocycles. The quantitative estimate of drug-likeness (QED) is 0.729. The molecule has 1 amide bonds. The number of nitrogens with zero attached hydrogens (tertiary/aromatic N) is 2. The van der Waals surface area contributed by atoms with Gasteiger partial charge in [0, 0.05) is 23.7 Å². The summed E-state index contributed by atoms with van der Waals surface area (Å²) in [6.07, 6.45) is 0. The second-order valence-corrected chi connectivity index (χ2v) is 6.69. The highest BCUT2D eigenvalue weighted by molar-refractivity contribution is 9.10. The van der Waals surface area contributed by atoms with E-state index in [1.807, 2.05) is 0 Å². The monoisotopic (exact) mass is 443 g/mol. The highest BCUT2D eigenvalue weighted by Crippen LogP contribution is 2.38. The smallest absolute Gasteiger partial charge is 0.343 e. The lowest BCUT2D eigenvalue weighted by atomic mass is 10.2. The maximum atomic E-state index is 12.1. The number of anilines is 1. The van der Waals surface area contributed by atoms with Gasteiger partial charge in [0.1, 0.15) is 23.9 Å². The number of benzene rings is 1. The fourth-order valence-corrected chi connectivity index (χ4v) is 3.08. The molecule has 0 bridgehead atoms. The Morgan fingerprint density at radius 3 is 2.62 bits per heavy atom. The summed E-state index contributed by atoms with van der Waals surface area (Å²) >= 11 is 9.37. The number of hydrogen-bond donors (Lipinski definition) is 1. The lowest BCUT2D eigenvalue weighted by Crippen LogP contribution is -2.22. The van der Waals surface area contributed by atoms with Gasteiger partial charge in [-0.2, -0.15) is 5.10 Å². The zero-order valence-corrected chi connectivity index (χ0v) is 16.3. The average Bonchev–Trinajstić information content (AvgIpc) is 2.85. The van der Waals surface area contributed by atoms with Crippen molar-refractivity contribution in [1.29, 1.82) is 0 Å². The number of hydrogen-bond acceptors (Lipinski definition) is 6. The minimum Gasteiger partial charge on any atom is -0.486 e. The van der Waals surface area contributed by atoms with Crippen molar-refractivity contribution in [2.45, 2.75) is 6.92 Å². The van der Waals surface area contributed by atoms with E-state index in [0.717, 1.165) is 0 Å². The van der Waals surface area contributed by atoms with Crippen molar-refractivity contribution in [2.24, 2.45) is 7.05 Å². The third-order valence-electron chi connectivity index (χ3n) is 3.60. The maximum absolute atomic E-state index is 12.1. The van der Waals surface area contributed by atoms with Crippen molar-refractivity contribution >= 4 is 45.1 Å². The third kappa shape index (κ3) is 3.78. The van der Waals surface area contributed by atoms with Crippen LogP contribution in [0.15, 0.2) is 16.6 Å². The molecular weight excluding hydrogens is 430 g/mol. The van der Waals surface area contributed by atoms with Crippen LogP contribution in [-0.2, 0) is 16.6 Å². The maximum Gasteiger partial charge on any atom is 0.343 e. The van der Waals surface area contributed by atoms with E-state index in [2.05, 4.69) is 26.3 Å². The lowest BCUT2D eigenvalue weighted by Gasteiger charge is -2.20. The van der Waals surface area contributed by atoms with Gasteiger partial charge in [0.25, 0.3) is 5.91 Å². The van der Waals surface area contributed by atoms with Gasteiger partial charge >= 0.3 is 5.97 Å². The number of rotatable bonds is 4. The van der Waals surface area contributed by atoms with Crippen molar-refractivity contribution in [1.82, 2.24) is 9.78 Å². The van der Waals surface area contributed by atoms with Gasteiger partial charge in [0.05, 0.1) is 11.4 Å². The van der Waals surface area contributed by atoms with Crippen LogP contribution in [0.5, 0.6) is 11.5 Å². The number of fused-ring (bicyclic) bond motifs is 1. The molecule has 1 aromatic heterocycles. The van der Waals surface area contributed by atoms with Gasteiger partial charge in [0.15, 0.2) is 18.1 Å². The lowest BCUT2D eigenvalue weighted by molar-refractivity contribution is -0.119. The van der Waals surface area contributed by atoms with E-state index in [1.165, 1.54) is 4.68 Å². The SMILES string of the molecule is Cc1nn(C)c(Cl)c1C(=O)OCC(=O)Nc1cc2c(cc1Br)OCCO2. The Hall–Kier alpha value is -2.26. The molecule has 138 valence electrons. The van der Waals surface area contributed by atoms with E-state index < -0.39 is 18.5 Å². The first-order valence-corrected chi connectivity index (χ1v) is 8.79. The summed E-state index contributed by atoms with van der Waals surface area (Å²) in [6, 6.07) is 3.34. The van der Waals surface area contributed by atoms with Gasteiger partial charge < -0.3 is 19.5 Å². The van der Waals surface area contributed by atoms with Crippen molar-refractivity contribution in [3.63, 3.8) is 0 Å². The second-order valence-electron chi connectivity index (χ2n) is 5.47. The minimum absolute atomic E-state index is 0.141. The van der Waals surface area contributed by atoms with Gasteiger partial charge in [-0.3, -0.25) is 9.48 Å². The molecule has 0 saturated carbocycles. The molecule has 0 radical (unpaired) electrons. The molecule has 0 unspecified atom stereocenters. The van der Waals surface area contributed by atoms with E-state index >= 15 is 0 Å². The van der Waals surface area contributed by atoms with Gasteiger partial charge in [0.2, 0.25) is 0 Å². The van der Waals surface area contributed by atoms with Crippen LogP contribution in [0.2, 0.25) is 5.15 Å². The number of aryl methyl sites for hydroxylation is 2. The van der Waals surface area contributed by atoms with Crippen LogP contribution < -0.4 is 14.8 Å². The Kier molecular flexibility index (Phi) is 5.38. The van der Waals surface area contributed by atoms with Crippen LogP contribution in [0.3, 0.4) is 0 Å². The van der Waals surface area contributed by atoms with Crippen molar-refractivity contribution in [2.75, 3.05) is 25.1 Å². The Balaban J connectivity index is 1.63. The predicted molar refractivity (Wildman–Crippen MR) is 97.0 cm³/mol. The predicted octanol–water partition coefficient (Wildman–Crippen LogP) is 2.71. The van der Waals surface area contributed by atoms with Gasteiger partial charge in [-0.25, -0.2) is 4.79 Å². The average molecular weight is 445 g/mol. The highest BCUT2D eigenvalue weighted by Gasteiger charge is 2.22. The summed E-state index contributed by atoms with van der Waals surface area (Å²) in [6.45, 7) is 2.07. The van der Waals surface area contributed by atoms with Crippen LogP contribution in [0.1, 0.15) is 16.1 Å². The fourth-order valence-electron chi connectivity index (χ4n) is 2.41. The van der Waals surface area contributed by atoms with E-state index in [4.69, 9.17) is 25.8 Å². The topological polar surface area (TPSA) is 91.7 Å². The Morgan fingerprint density at radius 2 is 2.00 bits per heavy atom. The zero-order chi connectivity index (χ0) is 18.8. The number of ether oxygens (including phenoxy) is 3. The normalized spacial score (nSPS) is 12.6. The van der Waals surface area contributed by atoms with Gasteiger partial charge in [-0.1, -0.05) is 11.6 Å². The van der Waals surface area contributed by atoms with Crippen LogP contribution in [0.25, 0.3) is 0 Å². The molecule has 10 heteroatoms. The third-order valence-corrected chi connectivity index (χ3v) is 4.69. The van der Waals surface area contributed by atoms with E-state index in [1.54, 1.807) is 26.1 Å². The zero-order valence-electron chi connectivity index (χ0n) is 14.0. The molecule has 1 aliphatic heterocycles. The largest absolute Gasteiger partial charge is 0.486 e. The number of carbonyl (C=O) groups excluding carboxylic acids is 2. The molecule has 8 nitrogen and oxygen atoms in total. The number of aromatic nitrogens is 2. The fraction of sp³-hybridized carbons (Fsp3) is 0.312. The summed E-state index contributed by atoms with van der Waals surface area (Å²) in [5.41, 5.74) is 1.05. The van der Waals surface area contributed by atoms with Crippen LogP contribution in [-0.4, -0.2) is 41.5 Å². The van der Waals surface area contributed by atoms with Crippen molar-refractivity contribution < 1.29 is 23.8 Å². The van der Waals surface area contributed by atoms with Crippen molar-refractivity contribution in [3.8, 4) is 11.5 Å². The molecule has 1 aromatic carbocycles. The molecule has 26 heavy (non-hydrogen) atoms. The molecule has 0 atom stereocenters. The van der Waals surface area contributed by atoms with Gasteiger partial charge in [-0.15, -0.1) is 0 Å². The van der Waals surface area contributed by atoms with E-state index in [9.17, 15) is 9.59 Å². The Labute approximate surface area is 162 Å². The molecular formula is C16H15BrClN3O5. The molecule has 0 saturated heterocycles. The molecule has 0 spiro atoms. The molecule has 1 N–H and O–H groups in total. The van der Waals surface area contributed by atoms with E-state index in [-0.39, 0.29) is 10.7 Å². The summed E-state index contributed by atoms with van der Waals surface area (Å²) in [7, 11) is 1.61. The number of carbonyl (C=O) groups is 2. The summed E-state index contributed by atoms with van der Waals surface area (Å²) < 4.78 is 17.9. The molecule has 3 rings (SSSR count). The summed E-state index contributed by atoms with van der Waals surface area (Å²) in [5.74, 6) is -0.0934. The first-order valence-electron chi connectivity index (χ1n) is 7.62. The molecule has 2 heterocycles. The molecule has 2 aromatic rings. The van der Waals surface area contributed by atoms with Crippen LogP contribution >= 0.6 is 27.5 Å². The Morgan fingerprint density at radius 1 is 1.35 bits per heavy atom. The second kappa shape index (κ2) is 7.55. The van der Waals surface area contributed by atoms with Crippen LogP contribution in [0.4, 0.5) is 5.69 Å². The number of esters is 1. The summed E-state index contributed by atoms with van der Waals surface area (Å²) in [4.78, 5) is 24.2.